The summed E-state index contributed by atoms with van der Waals surface area (Å²) in [6.45, 7) is 0. The van der Waals surface area contributed by atoms with Crippen molar-refractivity contribution in [3.8, 4) is 11.1 Å². The second-order valence-corrected chi connectivity index (χ2v) is 12.9. The molecule has 0 aliphatic heterocycles. The van der Waals surface area contributed by atoms with Crippen molar-refractivity contribution in [1.82, 2.24) is 0 Å². The van der Waals surface area contributed by atoms with Crippen LogP contribution in [0.3, 0.4) is 0 Å². The van der Waals surface area contributed by atoms with Gasteiger partial charge in [0.05, 0.1) is 11.1 Å². The first-order valence-electron chi connectivity index (χ1n) is 17.7. The molecule has 0 aliphatic rings. The van der Waals surface area contributed by atoms with Crippen LogP contribution in [0, 0.1) is 0 Å². The quantitative estimate of drug-likeness (QED) is 0.150. The average Bonchev–Trinajstić information content (AvgIpc) is 3.61. The Hall–Kier alpha value is -6.90. The summed E-state index contributed by atoms with van der Waals surface area (Å²) in [6.07, 6.45) is 0. The first kappa shape index (κ1) is 31.1. The van der Waals surface area contributed by atoms with E-state index in [-0.39, 0.29) is 0 Å². The maximum absolute atomic E-state index is 6.28. The zero-order chi connectivity index (χ0) is 34.7. The Labute approximate surface area is 304 Å². The van der Waals surface area contributed by atoms with Crippen LogP contribution in [-0.2, 0) is 0 Å². The first-order chi connectivity index (χ1) is 25.8. The van der Waals surface area contributed by atoms with E-state index in [2.05, 4.69) is 205 Å². The van der Waals surface area contributed by atoms with Gasteiger partial charge in [-0.25, -0.2) is 0 Å². The largest absolute Gasteiger partial charge is 0.456 e. The van der Waals surface area contributed by atoms with Crippen molar-refractivity contribution in [1.29, 1.82) is 0 Å². The fourth-order valence-corrected chi connectivity index (χ4v) is 7.30. The van der Waals surface area contributed by atoms with Crippen LogP contribution in [-0.4, -0.2) is 0 Å². The minimum Gasteiger partial charge on any atom is -0.456 e. The predicted octanol–water partition coefficient (Wildman–Crippen LogP) is 13.7. The molecule has 246 valence electrons. The van der Waals surface area contributed by atoms with Crippen molar-refractivity contribution >= 4 is 50.1 Å². The Morgan fingerprint density at radius 3 is 1.31 bits per heavy atom. The summed E-state index contributed by atoms with van der Waals surface area (Å²) < 4.78 is 6.28. The van der Waals surface area contributed by atoms with Crippen LogP contribution < -0.4 is 4.90 Å². The van der Waals surface area contributed by atoms with E-state index in [1.165, 1.54) is 33.4 Å². The summed E-state index contributed by atoms with van der Waals surface area (Å²) in [5, 5.41) is 2.21. The van der Waals surface area contributed by atoms with Crippen LogP contribution in [0.5, 0.6) is 0 Å². The minimum atomic E-state index is 0.878. The lowest BCUT2D eigenvalue weighted by atomic mass is 9.85. The highest BCUT2D eigenvalue weighted by molar-refractivity contribution is 6.13. The summed E-state index contributed by atoms with van der Waals surface area (Å²) in [6, 6.07) is 75.2. The van der Waals surface area contributed by atoms with E-state index in [4.69, 9.17) is 4.42 Å². The van der Waals surface area contributed by atoms with Crippen LogP contribution in [0.2, 0.25) is 0 Å². The molecule has 52 heavy (non-hydrogen) atoms. The molecule has 0 saturated heterocycles. The van der Waals surface area contributed by atoms with Crippen molar-refractivity contribution < 1.29 is 4.42 Å². The molecular formula is C50H35NO. The van der Waals surface area contributed by atoms with Crippen molar-refractivity contribution in [2.45, 2.75) is 0 Å². The van der Waals surface area contributed by atoms with Crippen molar-refractivity contribution in [2.24, 2.45) is 0 Å². The second-order valence-electron chi connectivity index (χ2n) is 12.9. The Balaban J connectivity index is 1.13. The van der Waals surface area contributed by atoms with Gasteiger partial charge < -0.3 is 9.32 Å². The van der Waals surface area contributed by atoms with Gasteiger partial charge in [0, 0.05) is 16.8 Å². The molecule has 2 heteroatoms. The number of hydrogen-bond acceptors (Lipinski definition) is 2. The average molecular weight is 666 g/mol. The molecule has 9 rings (SSSR count). The van der Waals surface area contributed by atoms with Gasteiger partial charge in [0.2, 0.25) is 0 Å². The van der Waals surface area contributed by atoms with E-state index >= 15 is 0 Å². The van der Waals surface area contributed by atoms with Crippen LogP contribution >= 0.6 is 0 Å². The van der Waals surface area contributed by atoms with E-state index in [1.54, 1.807) is 0 Å². The van der Waals surface area contributed by atoms with Crippen LogP contribution in [0.15, 0.2) is 217 Å². The van der Waals surface area contributed by atoms with E-state index in [0.29, 0.717) is 0 Å². The molecule has 0 bridgehead atoms. The molecule has 0 saturated carbocycles. The van der Waals surface area contributed by atoms with Crippen molar-refractivity contribution in [2.75, 3.05) is 4.90 Å². The van der Waals surface area contributed by atoms with E-state index in [1.807, 2.05) is 12.1 Å². The van der Waals surface area contributed by atoms with Gasteiger partial charge in [0.25, 0.3) is 0 Å². The lowest BCUT2D eigenvalue weighted by Gasteiger charge is -2.26. The van der Waals surface area contributed by atoms with Gasteiger partial charge in [-0.05, 0) is 87.0 Å². The van der Waals surface area contributed by atoms with Crippen LogP contribution in [0.4, 0.5) is 17.1 Å². The standard InChI is InChI=1S/C50H35NO/c1-5-16-38(17-6-1)48(39-18-7-2-8-19-39)49(40-20-9-3-10-21-40)41-30-28-36(29-31-41)37-32-34-43(35-33-37)51(42-22-11-4-12-23-42)45-25-15-27-47-50(45)44-24-13-14-26-46(44)52-47/h1-35H. The third-order valence-electron chi connectivity index (χ3n) is 9.71. The molecule has 0 aliphatic carbocycles. The molecule has 2 nitrogen and oxygen atoms in total. The van der Waals surface area contributed by atoms with Crippen LogP contribution in [0.25, 0.3) is 44.2 Å². The number of hydrogen-bond donors (Lipinski definition) is 0. The lowest BCUT2D eigenvalue weighted by molar-refractivity contribution is 0.669. The van der Waals surface area contributed by atoms with E-state index in [0.717, 1.165) is 50.1 Å². The number of anilines is 3. The molecule has 1 heterocycles. The summed E-state index contributed by atoms with van der Waals surface area (Å²) in [5.41, 5.74) is 14.5. The number of benzene rings is 8. The zero-order valence-electron chi connectivity index (χ0n) is 28.6. The minimum absolute atomic E-state index is 0.878. The molecule has 0 fully saturated rings. The van der Waals surface area contributed by atoms with Crippen LogP contribution in [0.1, 0.15) is 22.3 Å². The summed E-state index contributed by atoms with van der Waals surface area (Å²) >= 11 is 0. The maximum Gasteiger partial charge on any atom is 0.137 e. The van der Waals surface area contributed by atoms with Gasteiger partial charge in [-0.3, -0.25) is 0 Å². The highest BCUT2D eigenvalue weighted by Crippen LogP contribution is 2.43. The molecule has 0 spiro atoms. The highest BCUT2D eigenvalue weighted by Gasteiger charge is 2.20. The smallest absolute Gasteiger partial charge is 0.137 e. The first-order valence-corrected chi connectivity index (χ1v) is 17.7. The number of furan rings is 1. The van der Waals surface area contributed by atoms with Crippen molar-refractivity contribution in [3.05, 3.63) is 235 Å². The lowest BCUT2D eigenvalue weighted by Crippen LogP contribution is -2.10. The molecule has 9 aromatic rings. The van der Waals surface area contributed by atoms with Gasteiger partial charge in [-0.1, -0.05) is 170 Å². The molecule has 8 aromatic carbocycles. The Kier molecular flexibility index (Phi) is 8.24. The third kappa shape index (κ3) is 5.87. The Morgan fingerprint density at radius 1 is 0.327 bits per heavy atom. The monoisotopic (exact) mass is 665 g/mol. The molecule has 0 atom stereocenters. The zero-order valence-corrected chi connectivity index (χ0v) is 28.6. The van der Waals surface area contributed by atoms with Gasteiger partial charge in [-0.2, -0.15) is 0 Å². The Morgan fingerprint density at radius 2 is 0.750 bits per heavy atom. The molecule has 0 radical (unpaired) electrons. The summed E-state index contributed by atoms with van der Waals surface area (Å²) in [7, 11) is 0. The maximum atomic E-state index is 6.28. The number of fused-ring (bicyclic) bond motifs is 3. The second kappa shape index (κ2) is 13.8. The summed E-state index contributed by atoms with van der Waals surface area (Å²) in [4.78, 5) is 2.32. The normalized spacial score (nSPS) is 11.1. The molecule has 0 unspecified atom stereocenters. The van der Waals surface area contributed by atoms with Gasteiger partial charge in [0.15, 0.2) is 0 Å². The SMILES string of the molecule is c1ccc(C(=C(c2ccccc2)c2ccc(-c3ccc(N(c4ccccc4)c4cccc5oc6ccccc6c45)cc3)cc2)c2ccccc2)cc1. The van der Waals surface area contributed by atoms with Gasteiger partial charge in [0.1, 0.15) is 11.2 Å². The summed E-state index contributed by atoms with van der Waals surface area (Å²) in [5.74, 6) is 0. The molecular weight excluding hydrogens is 631 g/mol. The fourth-order valence-electron chi connectivity index (χ4n) is 7.30. The van der Waals surface area contributed by atoms with Gasteiger partial charge in [-0.15, -0.1) is 0 Å². The molecule has 1 aromatic heterocycles. The Bertz CT molecular complexity index is 2580. The predicted molar refractivity (Wildman–Crippen MR) is 218 cm³/mol. The number of rotatable bonds is 8. The van der Waals surface area contributed by atoms with E-state index in [9.17, 15) is 0 Å². The fraction of sp³-hybridized carbons (Fsp3) is 0. The van der Waals surface area contributed by atoms with Crippen molar-refractivity contribution in [3.63, 3.8) is 0 Å². The molecule has 0 N–H and O–H groups in total. The highest BCUT2D eigenvalue weighted by atomic mass is 16.3. The number of para-hydroxylation sites is 2. The topological polar surface area (TPSA) is 16.4 Å². The van der Waals surface area contributed by atoms with Gasteiger partial charge >= 0.3 is 0 Å². The third-order valence-corrected chi connectivity index (χ3v) is 9.71. The number of nitrogens with zero attached hydrogens (tertiary/aromatic N) is 1. The van der Waals surface area contributed by atoms with E-state index < -0.39 is 0 Å². The molecule has 0 amide bonds.